The van der Waals surface area contributed by atoms with Gasteiger partial charge in [0, 0.05) is 30.4 Å². The van der Waals surface area contributed by atoms with Crippen molar-refractivity contribution in [3.05, 3.63) is 70.9 Å². The van der Waals surface area contributed by atoms with Gasteiger partial charge in [-0.2, -0.15) is 13.2 Å². The van der Waals surface area contributed by atoms with Crippen LogP contribution in [-0.2, 0) is 11.3 Å². The predicted molar refractivity (Wildman–Crippen MR) is 144 cm³/mol. The lowest BCUT2D eigenvalue weighted by Gasteiger charge is -2.27. The van der Waals surface area contributed by atoms with Crippen LogP contribution in [0.2, 0.25) is 5.02 Å². The number of rotatable bonds is 9. The minimum Gasteiger partial charge on any atom is -0.383 e. The van der Waals surface area contributed by atoms with Crippen LogP contribution in [0, 0.1) is 5.41 Å². The third kappa shape index (κ3) is 7.21. The zero-order valence-corrected chi connectivity index (χ0v) is 23.1. The third-order valence-corrected chi connectivity index (χ3v) is 6.79. The van der Waals surface area contributed by atoms with Crippen LogP contribution < -0.4 is 5.32 Å². The van der Waals surface area contributed by atoms with Crippen molar-refractivity contribution < 1.29 is 32.6 Å². The Morgan fingerprint density at radius 1 is 1.26 bits per heavy atom. The van der Waals surface area contributed by atoms with Gasteiger partial charge in [-0.1, -0.05) is 11.6 Å². The number of carbonyl (C=O) groups is 2. The summed E-state index contributed by atoms with van der Waals surface area (Å²) in [6.45, 7) is -0.587. The molecule has 0 spiro atoms. The monoisotopic (exact) mass is 608 g/mol. The summed E-state index contributed by atoms with van der Waals surface area (Å²) >= 11 is 5.85. The number of carbonyl (C=O) groups excluding carboxylic acids is 2. The fourth-order valence-electron chi connectivity index (χ4n) is 4.42. The first-order valence-corrected chi connectivity index (χ1v) is 13.2. The molecule has 1 fully saturated rings. The minimum atomic E-state index is -5.02. The van der Waals surface area contributed by atoms with E-state index in [2.05, 4.69) is 20.4 Å². The molecule has 1 aromatic carbocycles. The summed E-state index contributed by atoms with van der Waals surface area (Å²) < 4.78 is 45.8. The number of hydrogen-bond acceptors (Lipinski definition) is 8. The van der Waals surface area contributed by atoms with E-state index in [4.69, 9.17) is 21.7 Å². The molecular weight excluding hydrogens is 581 g/mol. The van der Waals surface area contributed by atoms with Crippen LogP contribution in [0.1, 0.15) is 34.6 Å². The molecule has 1 aliphatic rings. The Balaban J connectivity index is 1.49. The largest absolute Gasteiger partial charge is 0.416 e. The second kappa shape index (κ2) is 13.3. The van der Waals surface area contributed by atoms with Crippen molar-refractivity contribution in [2.45, 2.75) is 37.7 Å². The van der Waals surface area contributed by atoms with Gasteiger partial charge in [-0.05, 0) is 49.2 Å². The number of alkyl halides is 3. The number of nitrogens with one attached hydrogen (secondary N) is 2. The van der Waals surface area contributed by atoms with E-state index in [1.165, 1.54) is 41.5 Å². The molecule has 0 unspecified atom stereocenters. The Kier molecular flexibility index (Phi) is 9.75. The summed E-state index contributed by atoms with van der Waals surface area (Å²) in [6, 6.07) is 7.62. The SMILES string of the molecule is COC[C@@H]1CCCN1C(=O)c1cccnc1-n1cnc(CNC(=O)N(C[C@H](O)C(F)(F)F)C(=N)c2ccc(Cl)cc2)n1. The summed E-state index contributed by atoms with van der Waals surface area (Å²) in [5, 5.41) is 24.9. The molecule has 224 valence electrons. The van der Waals surface area contributed by atoms with E-state index in [9.17, 15) is 27.9 Å². The van der Waals surface area contributed by atoms with Gasteiger partial charge in [0.25, 0.3) is 5.91 Å². The van der Waals surface area contributed by atoms with E-state index in [0.717, 1.165) is 12.8 Å². The predicted octanol–water partition coefficient (Wildman–Crippen LogP) is 3.03. The van der Waals surface area contributed by atoms with Crippen molar-refractivity contribution in [3.8, 4) is 5.82 Å². The van der Waals surface area contributed by atoms with E-state index in [1.807, 2.05) is 0 Å². The fraction of sp³-hybridized carbons (Fsp3) is 0.385. The number of halogens is 4. The number of urea groups is 1. The van der Waals surface area contributed by atoms with Crippen molar-refractivity contribution in [2.75, 3.05) is 26.8 Å². The van der Waals surface area contributed by atoms with Gasteiger partial charge in [-0.15, -0.1) is 5.10 Å². The lowest BCUT2D eigenvalue weighted by Crippen LogP contribution is -2.50. The van der Waals surface area contributed by atoms with E-state index in [1.54, 1.807) is 24.1 Å². The Morgan fingerprint density at radius 2 is 2.00 bits per heavy atom. The number of pyridine rings is 1. The number of amidine groups is 1. The topological polar surface area (TPSA) is 150 Å². The quantitative estimate of drug-likeness (QED) is 0.250. The van der Waals surface area contributed by atoms with Gasteiger partial charge in [-0.25, -0.2) is 19.4 Å². The summed E-state index contributed by atoms with van der Waals surface area (Å²) in [5.74, 6) is -0.575. The lowest BCUT2D eigenvalue weighted by molar-refractivity contribution is -0.204. The number of methoxy groups -OCH3 is 1. The third-order valence-electron chi connectivity index (χ3n) is 6.53. The van der Waals surface area contributed by atoms with E-state index in [0.29, 0.717) is 23.1 Å². The van der Waals surface area contributed by atoms with Crippen molar-refractivity contribution in [1.29, 1.82) is 5.41 Å². The Morgan fingerprint density at radius 3 is 2.69 bits per heavy atom. The van der Waals surface area contributed by atoms with Gasteiger partial charge in [0.15, 0.2) is 17.7 Å². The minimum absolute atomic E-state index is 0.0557. The number of aliphatic hydroxyl groups excluding tert-OH is 1. The van der Waals surface area contributed by atoms with Crippen molar-refractivity contribution in [1.82, 2.24) is 34.9 Å². The number of benzene rings is 1. The van der Waals surface area contributed by atoms with Crippen LogP contribution >= 0.6 is 11.6 Å². The maximum Gasteiger partial charge on any atom is 0.416 e. The Labute approximate surface area is 243 Å². The van der Waals surface area contributed by atoms with Crippen LogP contribution in [0.15, 0.2) is 48.9 Å². The van der Waals surface area contributed by atoms with Crippen LogP contribution in [0.3, 0.4) is 0 Å². The molecule has 16 heteroatoms. The molecule has 0 bridgehead atoms. The molecule has 3 amide bonds. The summed E-state index contributed by atoms with van der Waals surface area (Å²) in [5.41, 5.74) is 0.383. The first-order valence-electron chi connectivity index (χ1n) is 12.8. The standard InChI is InChI=1S/C26H28ClF3N8O4/c1-42-14-18-4-3-11-36(18)24(40)19-5-2-10-32-23(19)38-15-34-21(35-38)12-33-25(41)37(13-20(39)26(28,29)30)22(31)16-6-8-17(27)9-7-16/h2,5-10,15,18,20,31,39H,3-4,11-14H2,1H3,(H,33,41)/t18-,20-/m0/s1. The van der Waals surface area contributed by atoms with Crippen LogP contribution in [0.25, 0.3) is 5.82 Å². The highest BCUT2D eigenvalue weighted by Crippen LogP contribution is 2.23. The number of nitrogens with zero attached hydrogens (tertiary/aromatic N) is 6. The zero-order chi connectivity index (χ0) is 30.4. The van der Waals surface area contributed by atoms with Crippen LogP contribution in [0.5, 0.6) is 0 Å². The van der Waals surface area contributed by atoms with Gasteiger partial charge < -0.3 is 20.1 Å². The maximum atomic E-state index is 13.4. The highest BCUT2D eigenvalue weighted by molar-refractivity contribution is 6.30. The van der Waals surface area contributed by atoms with Gasteiger partial charge in [0.2, 0.25) is 0 Å². The second-order valence-electron chi connectivity index (χ2n) is 9.41. The first kappa shape index (κ1) is 30.9. The number of aromatic nitrogens is 4. The van der Waals surface area contributed by atoms with Gasteiger partial charge in [-0.3, -0.25) is 15.1 Å². The molecule has 0 saturated carbocycles. The highest BCUT2D eigenvalue weighted by Gasteiger charge is 2.41. The molecular formula is C26H28ClF3N8O4. The van der Waals surface area contributed by atoms with E-state index >= 15 is 0 Å². The average Bonchev–Trinajstić information content (AvgIpc) is 3.64. The molecule has 3 heterocycles. The molecule has 3 N–H and O–H groups in total. The highest BCUT2D eigenvalue weighted by atomic mass is 35.5. The maximum absolute atomic E-state index is 13.4. The molecule has 0 radical (unpaired) electrons. The summed E-state index contributed by atoms with van der Waals surface area (Å²) in [4.78, 5) is 36.9. The number of hydrogen-bond donors (Lipinski definition) is 3. The van der Waals surface area contributed by atoms with Crippen LogP contribution in [0.4, 0.5) is 18.0 Å². The van der Waals surface area contributed by atoms with Gasteiger partial charge in [0.05, 0.1) is 31.3 Å². The molecule has 12 nitrogen and oxygen atoms in total. The number of ether oxygens (including phenoxy) is 1. The van der Waals surface area contributed by atoms with Crippen molar-refractivity contribution >= 4 is 29.4 Å². The molecule has 2 aromatic heterocycles. The summed E-state index contributed by atoms with van der Waals surface area (Å²) in [6.07, 6.45) is -3.48. The van der Waals surface area contributed by atoms with E-state index in [-0.39, 0.29) is 41.3 Å². The molecule has 2 atom stereocenters. The number of amides is 3. The lowest BCUT2D eigenvalue weighted by atomic mass is 10.2. The first-order chi connectivity index (χ1) is 20.0. The fourth-order valence-corrected chi connectivity index (χ4v) is 4.54. The average molecular weight is 609 g/mol. The molecule has 1 aliphatic heterocycles. The summed E-state index contributed by atoms with van der Waals surface area (Å²) in [7, 11) is 1.57. The van der Waals surface area contributed by atoms with Crippen LogP contribution in [-0.4, -0.2) is 97.6 Å². The molecule has 4 rings (SSSR count). The van der Waals surface area contributed by atoms with Gasteiger partial charge >= 0.3 is 12.2 Å². The zero-order valence-electron chi connectivity index (χ0n) is 22.4. The Hall–Kier alpha value is -4.08. The van der Waals surface area contributed by atoms with Gasteiger partial charge in [0.1, 0.15) is 12.2 Å². The normalized spacial score (nSPS) is 15.9. The second-order valence-corrected chi connectivity index (χ2v) is 9.85. The van der Waals surface area contributed by atoms with Crippen molar-refractivity contribution in [3.63, 3.8) is 0 Å². The smallest absolute Gasteiger partial charge is 0.383 e. The molecule has 1 saturated heterocycles. The number of aliphatic hydroxyl groups is 1. The Bertz CT molecular complexity index is 1420. The molecule has 0 aliphatic carbocycles. The van der Waals surface area contributed by atoms with Crippen molar-refractivity contribution in [2.24, 2.45) is 0 Å². The molecule has 3 aromatic rings. The molecule has 42 heavy (non-hydrogen) atoms. The van der Waals surface area contributed by atoms with E-state index < -0.39 is 30.7 Å². The number of likely N-dealkylation sites (tertiary alicyclic amines) is 1.